The summed E-state index contributed by atoms with van der Waals surface area (Å²) in [6.07, 6.45) is 2.44. The number of nitrogens with one attached hydrogen (secondary N) is 2. The van der Waals surface area contributed by atoms with Crippen molar-refractivity contribution < 1.29 is 19.0 Å². The number of hydrogen-bond acceptors (Lipinski definition) is 6. The van der Waals surface area contributed by atoms with Crippen LogP contribution in [0.3, 0.4) is 0 Å². The lowest BCUT2D eigenvalue weighted by atomic mass is 10.1. The summed E-state index contributed by atoms with van der Waals surface area (Å²) in [6.45, 7) is 2.73. The van der Waals surface area contributed by atoms with Gasteiger partial charge in [0.15, 0.2) is 0 Å². The van der Waals surface area contributed by atoms with E-state index in [0.29, 0.717) is 35.1 Å². The zero-order valence-corrected chi connectivity index (χ0v) is 17.1. The summed E-state index contributed by atoms with van der Waals surface area (Å²) in [5.41, 5.74) is 4.97. The quantitative estimate of drug-likeness (QED) is 0.416. The fraction of sp³-hybridized carbons (Fsp3) is 0.227. The van der Waals surface area contributed by atoms with Crippen molar-refractivity contribution >= 4 is 12.1 Å². The number of carbonyl (C=O) groups is 1. The minimum Gasteiger partial charge on any atom is -0.497 e. The van der Waals surface area contributed by atoms with Crippen LogP contribution in [0.4, 0.5) is 0 Å². The molecule has 0 bridgehead atoms. The third-order valence-corrected chi connectivity index (χ3v) is 4.25. The van der Waals surface area contributed by atoms with Crippen molar-refractivity contribution in [2.24, 2.45) is 5.10 Å². The summed E-state index contributed by atoms with van der Waals surface area (Å²) in [5, 5.41) is 10.9. The molecule has 0 saturated carbocycles. The van der Waals surface area contributed by atoms with Crippen LogP contribution in [0, 0.1) is 0 Å². The molecule has 0 saturated heterocycles. The molecule has 1 aromatic heterocycles. The summed E-state index contributed by atoms with van der Waals surface area (Å²) in [4.78, 5) is 12.4. The van der Waals surface area contributed by atoms with Crippen molar-refractivity contribution in [3.8, 4) is 28.5 Å². The van der Waals surface area contributed by atoms with Gasteiger partial charge in [-0.05, 0) is 55.0 Å². The van der Waals surface area contributed by atoms with Gasteiger partial charge in [0.2, 0.25) is 0 Å². The third-order valence-electron chi connectivity index (χ3n) is 4.25. The zero-order valence-electron chi connectivity index (χ0n) is 17.1. The Morgan fingerprint density at radius 3 is 2.57 bits per heavy atom. The third kappa shape index (κ3) is 5.16. The van der Waals surface area contributed by atoms with Gasteiger partial charge < -0.3 is 14.2 Å². The van der Waals surface area contributed by atoms with Gasteiger partial charge in [-0.1, -0.05) is 6.92 Å². The maximum Gasteiger partial charge on any atom is 0.289 e. The molecule has 3 rings (SSSR count). The fourth-order valence-corrected chi connectivity index (χ4v) is 2.69. The Hall–Kier alpha value is -3.81. The highest BCUT2D eigenvalue weighted by Crippen LogP contribution is 2.23. The van der Waals surface area contributed by atoms with Gasteiger partial charge in [0.1, 0.15) is 22.9 Å². The van der Waals surface area contributed by atoms with Gasteiger partial charge >= 0.3 is 0 Å². The molecule has 8 nitrogen and oxygen atoms in total. The Morgan fingerprint density at radius 1 is 1.10 bits per heavy atom. The topological polar surface area (TPSA) is 97.8 Å². The van der Waals surface area contributed by atoms with E-state index >= 15 is 0 Å². The minimum atomic E-state index is -0.408. The standard InChI is InChI=1S/C22H24N4O4/c1-4-11-30-17-7-5-15(6-8-17)19-13-20(25-24-19)22(27)26-23-14-16-12-18(28-2)9-10-21(16)29-3/h5-10,12-14H,4,11H2,1-3H3,(H,24,25)(H,26,27)/b23-14+. The molecule has 1 heterocycles. The van der Waals surface area contributed by atoms with E-state index in [1.807, 2.05) is 24.3 Å². The van der Waals surface area contributed by atoms with E-state index in [1.165, 1.54) is 6.21 Å². The predicted octanol–water partition coefficient (Wildman–Crippen LogP) is 3.65. The summed E-state index contributed by atoms with van der Waals surface area (Å²) in [6, 6.07) is 14.5. The Kier molecular flexibility index (Phi) is 7.05. The van der Waals surface area contributed by atoms with Crippen LogP contribution in [-0.4, -0.2) is 43.1 Å². The lowest BCUT2D eigenvalue weighted by Gasteiger charge is -2.06. The number of aromatic amines is 1. The number of methoxy groups -OCH3 is 2. The first kappa shape index (κ1) is 20.9. The summed E-state index contributed by atoms with van der Waals surface area (Å²) in [7, 11) is 3.14. The Morgan fingerprint density at radius 2 is 1.87 bits per heavy atom. The Labute approximate surface area is 174 Å². The molecule has 0 spiro atoms. The van der Waals surface area contributed by atoms with Gasteiger partial charge in [0.25, 0.3) is 5.91 Å². The average molecular weight is 408 g/mol. The highest BCUT2D eigenvalue weighted by Gasteiger charge is 2.11. The minimum absolute atomic E-state index is 0.297. The molecule has 0 radical (unpaired) electrons. The lowest BCUT2D eigenvalue weighted by Crippen LogP contribution is -2.18. The lowest BCUT2D eigenvalue weighted by molar-refractivity contribution is 0.0950. The van der Waals surface area contributed by atoms with Crippen LogP contribution in [0.2, 0.25) is 0 Å². The number of hydrogen-bond donors (Lipinski definition) is 2. The molecule has 2 N–H and O–H groups in total. The van der Waals surface area contributed by atoms with E-state index in [1.54, 1.807) is 38.5 Å². The number of amides is 1. The molecule has 0 aliphatic rings. The molecule has 0 aliphatic heterocycles. The smallest absolute Gasteiger partial charge is 0.289 e. The molecule has 3 aromatic rings. The Bertz CT molecular complexity index is 1010. The molecule has 1 amide bonds. The molecule has 0 aliphatic carbocycles. The molecule has 30 heavy (non-hydrogen) atoms. The number of rotatable bonds is 9. The number of nitrogens with zero attached hydrogens (tertiary/aromatic N) is 2. The molecular formula is C22H24N4O4. The molecule has 0 unspecified atom stereocenters. The first-order valence-electron chi connectivity index (χ1n) is 9.48. The summed E-state index contributed by atoms with van der Waals surface area (Å²) >= 11 is 0. The monoisotopic (exact) mass is 408 g/mol. The normalized spacial score (nSPS) is 10.8. The average Bonchev–Trinajstić information content (AvgIpc) is 3.28. The van der Waals surface area contributed by atoms with Crippen LogP contribution in [-0.2, 0) is 0 Å². The molecular weight excluding hydrogens is 384 g/mol. The largest absolute Gasteiger partial charge is 0.497 e. The highest BCUT2D eigenvalue weighted by molar-refractivity contribution is 5.94. The van der Waals surface area contributed by atoms with Crippen LogP contribution < -0.4 is 19.6 Å². The number of benzene rings is 2. The first-order valence-corrected chi connectivity index (χ1v) is 9.48. The fourth-order valence-electron chi connectivity index (χ4n) is 2.69. The molecule has 0 fully saturated rings. The van der Waals surface area contributed by atoms with Gasteiger partial charge in [-0.15, -0.1) is 0 Å². The summed E-state index contributed by atoms with van der Waals surface area (Å²) < 4.78 is 16.1. The second-order valence-corrected chi connectivity index (χ2v) is 6.35. The van der Waals surface area contributed by atoms with Crippen molar-refractivity contribution in [2.45, 2.75) is 13.3 Å². The highest BCUT2D eigenvalue weighted by atomic mass is 16.5. The van der Waals surface area contributed by atoms with Crippen molar-refractivity contribution in [1.82, 2.24) is 15.6 Å². The van der Waals surface area contributed by atoms with E-state index in [9.17, 15) is 4.79 Å². The maximum absolute atomic E-state index is 12.4. The molecule has 156 valence electrons. The van der Waals surface area contributed by atoms with Crippen molar-refractivity contribution in [3.05, 3.63) is 59.8 Å². The van der Waals surface area contributed by atoms with Crippen LogP contribution in [0.5, 0.6) is 17.2 Å². The Balaban J connectivity index is 1.65. The zero-order chi connectivity index (χ0) is 21.3. The predicted molar refractivity (Wildman–Crippen MR) is 114 cm³/mol. The van der Waals surface area contributed by atoms with E-state index in [-0.39, 0.29) is 0 Å². The summed E-state index contributed by atoms with van der Waals surface area (Å²) in [5.74, 6) is 1.67. The number of carbonyl (C=O) groups excluding carboxylic acids is 1. The van der Waals surface area contributed by atoms with Gasteiger partial charge in [-0.3, -0.25) is 9.89 Å². The number of ether oxygens (including phenoxy) is 3. The van der Waals surface area contributed by atoms with Crippen LogP contribution in [0.1, 0.15) is 29.4 Å². The van der Waals surface area contributed by atoms with E-state index in [0.717, 1.165) is 17.7 Å². The SMILES string of the molecule is CCCOc1ccc(-c2cc(C(=O)N/N=C/c3cc(OC)ccc3OC)[nH]n2)cc1. The number of H-pyrrole nitrogens is 1. The number of aromatic nitrogens is 2. The van der Waals surface area contributed by atoms with Crippen molar-refractivity contribution in [3.63, 3.8) is 0 Å². The van der Waals surface area contributed by atoms with Crippen LogP contribution >= 0.6 is 0 Å². The van der Waals surface area contributed by atoms with E-state index in [2.05, 4.69) is 27.6 Å². The van der Waals surface area contributed by atoms with E-state index < -0.39 is 5.91 Å². The second kappa shape index (κ2) is 10.1. The molecule has 8 heteroatoms. The molecule has 2 aromatic carbocycles. The van der Waals surface area contributed by atoms with Gasteiger partial charge in [0.05, 0.1) is 32.7 Å². The number of hydrazone groups is 1. The van der Waals surface area contributed by atoms with Crippen molar-refractivity contribution in [1.29, 1.82) is 0 Å². The molecule has 0 atom stereocenters. The van der Waals surface area contributed by atoms with E-state index in [4.69, 9.17) is 14.2 Å². The van der Waals surface area contributed by atoms with Gasteiger partial charge in [-0.25, -0.2) is 5.43 Å². The maximum atomic E-state index is 12.4. The van der Waals surface area contributed by atoms with Crippen LogP contribution in [0.15, 0.2) is 53.6 Å². The second-order valence-electron chi connectivity index (χ2n) is 6.35. The van der Waals surface area contributed by atoms with Gasteiger partial charge in [-0.2, -0.15) is 10.2 Å². The van der Waals surface area contributed by atoms with Gasteiger partial charge in [0, 0.05) is 11.1 Å². The first-order chi connectivity index (χ1) is 14.6. The van der Waals surface area contributed by atoms with Crippen LogP contribution in [0.25, 0.3) is 11.3 Å². The van der Waals surface area contributed by atoms with Crippen molar-refractivity contribution in [2.75, 3.05) is 20.8 Å².